The monoisotopic (exact) mass is 344 g/mol. The molecule has 0 fully saturated rings. The molecule has 0 aliphatic rings. The van der Waals surface area contributed by atoms with Gasteiger partial charge in [-0.3, -0.25) is 0 Å². The van der Waals surface area contributed by atoms with E-state index in [0.717, 1.165) is 22.2 Å². The van der Waals surface area contributed by atoms with E-state index in [9.17, 15) is 5.11 Å². The first kappa shape index (κ1) is 16.9. The van der Waals surface area contributed by atoms with Crippen LogP contribution in [0.1, 0.15) is 52.7 Å². The molecule has 0 aliphatic heterocycles. The lowest BCUT2D eigenvalue weighted by atomic mass is 9.79. The summed E-state index contributed by atoms with van der Waals surface area (Å²) >= 11 is 5.30. The summed E-state index contributed by atoms with van der Waals surface area (Å²) < 4.78 is 0. The van der Waals surface area contributed by atoms with Crippen molar-refractivity contribution in [2.75, 3.05) is 11.1 Å². The molecule has 0 spiro atoms. The van der Waals surface area contributed by atoms with Gasteiger partial charge < -0.3 is 5.11 Å². The highest BCUT2D eigenvalue weighted by atomic mass is 79.9. The number of alkyl halides is 1. The summed E-state index contributed by atoms with van der Waals surface area (Å²) in [7, 11) is 0. The second-order valence-electron chi connectivity index (χ2n) is 6.90. The third-order valence-electron chi connectivity index (χ3n) is 3.05. The van der Waals surface area contributed by atoms with Crippen molar-refractivity contribution in [2.45, 2.75) is 57.3 Å². The SMILES string of the molecule is CC(C)(C)c1cc(SCCBr)cc(C(C)(C)C)c1O. The number of benzene rings is 1. The molecular weight excluding hydrogens is 320 g/mol. The molecule has 0 saturated heterocycles. The molecular formula is C16H25BrOS. The molecule has 1 aromatic rings. The number of aromatic hydroxyl groups is 1. The highest BCUT2D eigenvalue weighted by molar-refractivity contribution is 9.09. The number of phenolic OH excluding ortho intramolecular Hbond substituents is 1. The molecule has 0 unspecified atom stereocenters. The fourth-order valence-electron chi connectivity index (χ4n) is 1.99. The van der Waals surface area contributed by atoms with Crippen LogP contribution in [0.2, 0.25) is 0 Å². The minimum atomic E-state index is -0.0466. The van der Waals surface area contributed by atoms with E-state index in [1.165, 1.54) is 4.90 Å². The Morgan fingerprint density at radius 2 is 1.42 bits per heavy atom. The smallest absolute Gasteiger partial charge is 0.123 e. The minimum Gasteiger partial charge on any atom is -0.507 e. The van der Waals surface area contributed by atoms with E-state index in [4.69, 9.17) is 0 Å². The van der Waals surface area contributed by atoms with Crippen LogP contribution in [0.15, 0.2) is 17.0 Å². The van der Waals surface area contributed by atoms with Gasteiger partial charge in [-0.1, -0.05) is 57.5 Å². The summed E-state index contributed by atoms with van der Waals surface area (Å²) in [5.41, 5.74) is 1.98. The molecule has 0 amide bonds. The third-order valence-corrected chi connectivity index (χ3v) is 4.94. The maximum atomic E-state index is 10.6. The van der Waals surface area contributed by atoms with Crippen molar-refractivity contribution in [3.63, 3.8) is 0 Å². The van der Waals surface area contributed by atoms with Gasteiger partial charge in [0.2, 0.25) is 0 Å². The van der Waals surface area contributed by atoms with E-state index in [2.05, 4.69) is 69.6 Å². The largest absolute Gasteiger partial charge is 0.507 e. The summed E-state index contributed by atoms with van der Waals surface area (Å²) in [6.07, 6.45) is 0. The molecule has 0 aliphatic carbocycles. The summed E-state index contributed by atoms with van der Waals surface area (Å²) in [5, 5.41) is 11.6. The quantitative estimate of drug-likeness (QED) is 0.579. The highest BCUT2D eigenvalue weighted by Crippen LogP contribution is 2.41. The Morgan fingerprint density at radius 1 is 1.00 bits per heavy atom. The molecule has 0 radical (unpaired) electrons. The van der Waals surface area contributed by atoms with Crippen LogP contribution in [-0.2, 0) is 10.8 Å². The number of phenols is 1. The van der Waals surface area contributed by atoms with Gasteiger partial charge in [0.15, 0.2) is 0 Å². The van der Waals surface area contributed by atoms with Crippen molar-refractivity contribution in [3.05, 3.63) is 23.3 Å². The minimum absolute atomic E-state index is 0.0466. The average molecular weight is 345 g/mol. The Balaban J connectivity index is 3.39. The van der Waals surface area contributed by atoms with Crippen molar-refractivity contribution in [1.29, 1.82) is 0 Å². The number of thioether (sulfide) groups is 1. The maximum Gasteiger partial charge on any atom is 0.123 e. The Hall–Kier alpha value is -0.150. The molecule has 1 aromatic carbocycles. The molecule has 0 bridgehead atoms. The maximum absolute atomic E-state index is 10.6. The van der Waals surface area contributed by atoms with Crippen molar-refractivity contribution in [3.8, 4) is 5.75 Å². The van der Waals surface area contributed by atoms with E-state index in [1.807, 2.05) is 11.8 Å². The molecule has 3 heteroatoms. The number of halogens is 1. The van der Waals surface area contributed by atoms with Gasteiger partial charge in [-0.25, -0.2) is 0 Å². The van der Waals surface area contributed by atoms with Gasteiger partial charge in [0.05, 0.1) is 0 Å². The predicted molar refractivity (Wildman–Crippen MR) is 90.0 cm³/mol. The number of hydrogen-bond acceptors (Lipinski definition) is 2. The summed E-state index contributed by atoms with van der Waals surface area (Å²) in [6.45, 7) is 12.9. The van der Waals surface area contributed by atoms with Crippen molar-refractivity contribution in [2.24, 2.45) is 0 Å². The molecule has 0 saturated carbocycles. The summed E-state index contributed by atoms with van der Waals surface area (Å²) in [4.78, 5) is 1.24. The molecule has 1 N–H and O–H groups in total. The van der Waals surface area contributed by atoms with Gasteiger partial charge >= 0.3 is 0 Å². The second kappa shape index (κ2) is 6.09. The van der Waals surface area contributed by atoms with Crippen LogP contribution in [0.4, 0.5) is 0 Å². The number of hydrogen-bond donors (Lipinski definition) is 1. The predicted octanol–water partition coefficient (Wildman–Crippen LogP) is 5.47. The van der Waals surface area contributed by atoms with Crippen LogP contribution < -0.4 is 0 Å². The van der Waals surface area contributed by atoms with Crippen LogP contribution in [0.25, 0.3) is 0 Å². The van der Waals surface area contributed by atoms with E-state index in [0.29, 0.717) is 5.75 Å². The fourth-order valence-corrected chi connectivity index (χ4v) is 3.19. The fraction of sp³-hybridized carbons (Fsp3) is 0.625. The summed E-state index contributed by atoms with van der Waals surface area (Å²) in [5.74, 6) is 1.50. The van der Waals surface area contributed by atoms with Gasteiger partial charge in [0.1, 0.15) is 5.75 Å². The van der Waals surface area contributed by atoms with E-state index >= 15 is 0 Å². The first-order valence-electron chi connectivity index (χ1n) is 6.64. The zero-order valence-corrected chi connectivity index (χ0v) is 15.2. The average Bonchev–Trinajstić information content (AvgIpc) is 2.24. The molecule has 0 atom stereocenters. The van der Waals surface area contributed by atoms with Crippen LogP contribution in [0.3, 0.4) is 0 Å². The Kier molecular flexibility index (Phi) is 5.42. The Bertz CT molecular complexity index is 406. The van der Waals surface area contributed by atoms with E-state index < -0.39 is 0 Å². The first-order valence-corrected chi connectivity index (χ1v) is 8.75. The van der Waals surface area contributed by atoms with Crippen molar-refractivity contribution in [1.82, 2.24) is 0 Å². The van der Waals surface area contributed by atoms with Gasteiger partial charge in [-0.15, -0.1) is 11.8 Å². The molecule has 19 heavy (non-hydrogen) atoms. The van der Waals surface area contributed by atoms with Gasteiger partial charge in [-0.2, -0.15) is 0 Å². The zero-order chi connectivity index (χ0) is 14.8. The molecule has 108 valence electrons. The highest BCUT2D eigenvalue weighted by Gasteiger charge is 2.26. The topological polar surface area (TPSA) is 20.2 Å². The lowest BCUT2D eigenvalue weighted by Gasteiger charge is -2.28. The van der Waals surface area contributed by atoms with Crippen LogP contribution in [-0.4, -0.2) is 16.2 Å². The lowest BCUT2D eigenvalue weighted by molar-refractivity contribution is 0.422. The van der Waals surface area contributed by atoms with E-state index in [-0.39, 0.29) is 10.8 Å². The Morgan fingerprint density at radius 3 is 1.74 bits per heavy atom. The molecule has 0 aromatic heterocycles. The Labute approximate surface area is 130 Å². The number of rotatable bonds is 3. The van der Waals surface area contributed by atoms with Crippen LogP contribution in [0, 0.1) is 0 Å². The molecule has 1 rings (SSSR count). The van der Waals surface area contributed by atoms with Crippen LogP contribution >= 0.6 is 27.7 Å². The third kappa shape index (κ3) is 4.42. The normalized spacial score (nSPS) is 12.8. The lowest BCUT2D eigenvalue weighted by Crippen LogP contribution is -2.17. The van der Waals surface area contributed by atoms with Gasteiger partial charge in [0.25, 0.3) is 0 Å². The standard InChI is InChI=1S/C16H25BrOS/c1-15(2,3)12-9-11(19-8-7-17)10-13(14(12)18)16(4,5)6/h9-10,18H,7-8H2,1-6H3. The van der Waals surface area contributed by atoms with Crippen molar-refractivity contribution < 1.29 is 5.11 Å². The molecule has 0 heterocycles. The zero-order valence-electron chi connectivity index (χ0n) is 12.8. The van der Waals surface area contributed by atoms with Gasteiger partial charge in [0, 0.05) is 27.1 Å². The van der Waals surface area contributed by atoms with Crippen LogP contribution in [0.5, 0.6) is 5.75 Å². The molecule has 1 nitrogen and oxygen atoms in total. The van der Waals surface area contributed by atoms with Gasteiger partial charge in [-0.05, 0) is 23.0 Å². The van der Waals surface area contributed by atoms with E-state index in [1.54, 1.807) is 0 Å². The second-order valence-corrected chi connectivity index (χ2v) is 8.87. The summed E-state index contributed by atoms with van der Waals surface area (Å²) in [6, 6.07) is 4.27. The van der Waals surface area contributed by atoms with Crippen molar-refractivity contribution >= 4 is 27.7 Å². The first-order chi connectivity index (χ1) is 8.57.